The van der Waals surface area contributed by atoms with Crippen molar-refractivity contribution >= 4 is 27.6 Å². The van der Waals surface area contributed by atoms with Gasteiger partial charge >= 0.3 is 0 Å². The first kappa shape index (κ1) is 13.3. The van der Waals surface area contributed by atoms with Gasteiger partial charge in [-0.1, -0.05) is 15.9 Å². The Balaban J connectivity index is 2.57. The highest BCUT2D eigenvalue weighted by molar-refractivity contribution is 9.10. The second kappa shape index (κ2) is 4.19. The third-order valence-electron chi connectivity index (χ3n) is 3.42. The highest BCUT2D eigenvalue weighted by Gasteiger charge is 2.47. The summed E-state index contributed by atoms with van der Waals surface area (Å²) in [4.78, 5) is 24.4. The maximum atomic E-state index is 12.3. The van der Waals surface area contributed by atoms with E-state index in [0.29, 0.717) is 0 Å². The maximum Gasteiger partial charge on any atom is 0.235 e. The van der Waals surface area contributed by atoms with Crippen molar-refractivity contribution in [2.75, 3.05) is 0 Å². The van der Waals surface area contributed by atoms with Crippen LogP contribution in [-0.2, 0) is 9.59 Å². The van der Waals surface area contributed by atoms with Crippen molar-refractivity contribution in [3.63, 3.8) is 0 Å². The Morgan fingerprint density at radius 3 is 2.06 bits per heavy atom. The van der Waals surface area contributed by atoms with E-state index in [2.05, 4.69) is 21.2 Å². The number of nitrogens with one attached hydrogen (secondary N) is 1. The minimum Gasteiger partial charge on any atom is -0.343 e. The van der Waals surface area contributed by atoms with Gasteiger partial charge in [0, 0.05) is 4.47 Å². The minimum absolute atomic E-state index is 0.0546. The molecule has 0 aromatic heterocycles. The third-order valence-corrected chi connectivity index (χ3v) is 3.88. The lowest BCUT2D eigenvalue weighted by atomic mass is 9.85. The zero-order valence-electron chi connectivity index (χ0n) is 10.9. The molecule has 1 aromatic carbocycles. The Kier molecular flexibility index (Phi) is 3.09. The molecule has 1 aromatic rings. The first-order valence-electron chi connectivity index (χ1n) is 5.87. The molecule has 1 fully saturated rings. The largest absolute Gasteiger partial charge is 0.343 e. The summed E-state index contributed by atoms with van der Waals surface area (Å²) in [6.07, 6.45) is 0. The molecule has 96 valence electrons. The van der Waals surface area contributed by atoms with E-state index in [1.54, 1.807) is 13.8 Å². The van der Waals surface area contributed by atoms with Gasteiger partial charge in [-0.2, -0.15) is 0 Å². The Labute approximate surface area is 115 Å². The van der Waals surface area contributed by atoms with E-state index >= 15 is 0 Å². The lowest BCUT2D eigenvalue weighted by Gasteiger charge is -2.17. The Morgan fingerprint density at radius 2 is 1.67 bits per heavy atom. The molecule has 1 N–H and O–H groups in total. The molecule has 1 unspecified atom stereocenters. The van der Waals surface area contributed by atoms with Crippen LogP contribution in [0.3, 0.4) is 0 Å². The summed E-state index contributed by atoms with van der Waals surface area (Å²) in [5.74, 6) is -0.923. The zero-order valence-corrected chi connectivity index (χ0v) is 12.5. The van der Waals surface area contributed by atoms with E-state index in [1.807, 2.05) is 26.0 Å². The van der Waals surface area contributed by atoms with Crippen molar-refractivity contribution in [1.29, 1.82) is 0 Å². The normalized spacial score (nSPS) is 22.2. The van der Waals surface area contributed by atoms with Crippen LogP contribution in [0.15, 0.2) is 16.6 Å². The van der Waals surface area contributed by atoms with Crippen molar-refractivity contribution in [3.8, 4) is 0 Å². The molecule has 3 nitrogen and oxygen atoms in total. The van der Waals surface area contributed by atoms with Crippen LogP contribution in [0, 0.1) is 13.8 Å². The molecule has 1 aliphatic rings. The van der Waals surface area contributed by atoms with Crippen LogP contribution in [0.5, 0.6) is 0 Å². The topological polar surface area (TPSA) is 46.2 Å². The summed E-state index contributed by atoms with van der Waals surface area (Å²) < 4.78 is 0.964. The molecule has 0 saturated carbocycles. The van der Waals surface area contributed by atoms with Crippen molar-refractivity contribution in [2.45, 2.75) is 39.2 Å². The highest BCUT2D eigenvalue weighted by atomic mass is 79.9. The molecule has 1 atom stereocenters. The fraction of sp³-hybridized carbons (Fsp3) is 0.429. The molecule has 1 heterocycles. The van der Waals surface area contributed by atoms with Crippen molar-refractivity contribution in [2.24, 2.45) is 0 Å². The summed E-state index contributed by atoms with van der Waals surface area (Å²) >= 11 is 3.42. The van der Waals surface area contributed by atoms with Crippen LogP contribution >= 0.6 is 15.9 Å². The van der Waals surface area contributed by atoms with Gasteiger partial charge < -0.3 is 5.32 Å². The van der Waals surface area contributed by atoms with Crippen LogP contribution in [0.1, 0.15) is 36.5 Å². The van der Waals surface area contributed by atoms with Gasteiger partial charge in [0.05, 0.1) is 5.54 Å². The number of rotatable bonds is 1. The third kappa shape index (κ3) is 1.99. The second-order valence-corrected chi connectivity index (χ2v) is 6.28. The number of ketones is 1. The molecular weight excluding hydrogens is 294 g/mol. The number of carbonyl (C=O) groups excluding carboxylic acids is 2. The molecule has 4 heteroatoms. The van der Waals surface area contributed by atoms with Crippen molar-refractivity contribution in [3.05, 3.63) is 33.3 Å². The number of benzene rings is 1. The van der Waals surface area contributed by atoms with Crippen LogP contribution in [0.2, 0.25) is 0 Å². The predicted octanol–water partition coefficient (Wildman–Crippen LogP) is 2.63. The van der Waals surface area contributed by atoms with E-state index in [-0.39, 0.29) is 11.7 Å². The standard InChI is InChI=1S/C14H16BrNO2/c1-7-5-9(15)6-8(2)10(7)11-12(17)14(3,4)16-13(11)18/h5-6,11H,1-4H3,(H,16,18). The zero-order chi connectivity index (χ0) is 13.7. The number of carbonyl (C=O) groups is 2. The molecule has 0 bridgehead atoms. The highest BCUT2D eigenvalue weighted by Crippen LogP contribution is 2.34. The quantitative estimate of drug-likeness (QED) is 0.811. The van der Waals surface area contributed by atoms with E-state index < -0.39 is 11.5 Å². The van der Waals surface area contributed by atoms with Gasteiger partial charge in [0.15, 0.2) is 5.78 Å². The Hall–Kier alpha value is -1.16. The fourth-order valence-electron chi connectivity index (χ4n) is 2.56. The van der Waals surface area contributed by atoms with E-state index in [1.165, 1.54) is 0 Å². The van der Waals surface area contributed by atoms with E-state index in [0.717, 1.165) is 21.2 Å². The Morgan fingerprint density at radius 1 is 1.17 bits per heavy atom. The lowest BCUT2D eigenvalue weighted by molar-refractivity contribution is -0.125. The molecule has 0 radical (unpaired) electrons. The summed E-state index contributed by atoms with van der Waals surface area (Å²) in [5.41, 5.74) is 2.00. The smallest absolute Gasteiger partial charge is 0.235 e. The molecule has 18 heavy (non-hydrogen) atoms. The van der Waals surface area contributed by atoms with E-state index in [9.17, 15) is 9.59 Å². The van der Waals surface area contributed by atoms with Gasteiger partial charge in [-0.15, -0.1) is 0 Å². The summed E-state index contributed by atoms with van der Waals surface area (Å²) in [6.45, 7) is 7.35. The summed E-state index contributed by atoms with van der Waals surface area (Å²) in [5, 5.41) is 2.76. The first-order valence-corrected chi connectivity index (χ1v) is 6.66. The lowest BCUT2D eigenvalue weighted by Crippen LogP contribution is -2.39. The molecule has 1 amide bonds. The molecule has 0 spiro atoms. The van der Waals surface area contributed by atoms with Gasteiger partial charge in [0.1, 0.15) is 5.92 Å². The number of aryl methyl sites for hydroxylation is 2. The monoisotopic (exact) mass is 309 g/mol. The molecule has 1 saturated heterocycles. The van der Waals surface area contributed by atoms with Crippen molar-refractivity contribution in [1.82, 2.24) is 5.32 Å². The van der Waals surface area contributed by atoms with Crippen LogP contribution in [0.25, 0.3) is 0 Å². The molecule has 2 rings (SSSR count). The van der Waals surface area contributed by atoms with Crippen LogP contribution in [-0.4, -0.2) is 17.2 Å². The Bertz CT molecular complexity index is 526. The van der Waals surface area contributed by atoms with Gasteiger partial charge in [0.2, 0.25) is 5.91 Å². The number of hydrogen-bond donors (Lipinski definition) is 1. The fourth-order valence-corrected chi connectivity index (χ4v) is 3.25. The number of Topliss-reactive ketones (excluding diaryl/α,β-unsaturated/α-hetero) is 1. The van der Waals surface area contributed by atoms with Crippen LogP contribution in [0.4, 0.5) is 0 Å². The summed E-state index contributed by atoms with van der Waals surface area (Å²) in [7, 11) is 0. The second-order valence-electron chi connectivity index (χ2n) is 5.36. The van der Waals surface area contributed by atoms with Gasteiger partial charge in [-0.05, 0) is 56.5 Å². The number of halogens is 1. The van der Waals surface area contributed by atoms with E-state index in [4.69, 9.17) is 0 Å². The number of hydrogen-bond acceptors (Lipinski definition) is 2. The van der Waals surface area contributed by atoms with Gasteiger partial charge in [-0.3, -0.25) is 9.59 Å². The SMILES string of the molecule is Cc1cc(Br)cc(C)c1C1C(=O)NC(C)(C)C1=O. The number of amides is 1. The molecule has 0 aliphatic carbocycles. The average molecular weight is 310 g/mol. The van der Waals surface area contributed by atoms with Crippen LogP contribution < -0.4 is 5.32 Å². The maximum absolute atomic E-state index is 12.3. The minimum atomic E-state index is -0.770. The van der Waals surface area contributed by atoms with Gasteiger partial charge in [-0.25, -0.2) is 0 Å². The van der Waals surface area contributed by atoms with Gasteiger partial charge in [0.25, 0.3) is 0 Å². The molecule has 1 aliphatic heterocycles. The average Bonchev–Trinajstić information content (AvgIpc) is 2.38. The predicted molar refractivity (Wildman–Crippen MR) is 73.6 cm³/mol. The van der Waals surface area contributed by atoms with Crippen molar-refractivity contribution < 1.29 is 9.59 Å². The summed E-state index contributed by atoms with van der Waals surface area (Å²) in [6, 6.07) is 3.88. The molecular formula is C14H16BrNO2. The first-order chi connectivity index (χ1) is 8.24.